The summed E-state index contributed by atoms with van der Waals surface area (Å²) in [4.78, 5) is 0. The van der Waals surface area contributed by atoms with Crippen LogP contribution in [0.3, 0.4) is 0 Å². The van der Waals surface area contributed by atoms with Crippen LogP contribution in [0.15, 0.2) is 12.3 Å². The van der Waals surface area contributed by atoms with Gasteiger partial charge in [-0.1, -0.05) is 0 Å². The van der Waals surface area contributed by atoms with Crippen molar-refractivity contribution in [1.82, 2.24) is 10.2 Å². The summed E-state index contributed by atoms with van der Waals surface area (Å²) in [5, 5.41) is 14.5. The summed E-state index contributed by atoms with van der Waals surface area (Å²) in [7, 11) is 0. The largest absolute Gasteiger partial charge is 0.449 e. The maximum absolute atomic E-state index is 8.32. The van der Waals surface area contributed by atoms with Gasteiger partial charge < -0.3 is 4.74 Å². The summed E-state index contributed by atoms with van der Waals surface area (Å²) in [5.74, 6) is 0.515. The summed E-state index contributed by atoms with van der Waals surface area (Å²) in [6, 6.07) is 3.58. The van der Waals surface area contributed by atoms with Gasteiger partial charge in [-0.15, -0.1) is 0 Å². The van der Waals surface area contributed by atoms with Crippen LogP contribution in [0.1, 0.15) is 0 Å². The topological polar surface area (TPSA) is 61.7 Å². The SMILES string of the molecule is N#CC(I)Oc1ccn[nH]1. The Labute approximate surface area is 71.3 Å². The van der Waals surface area contributed by atoms with E-state index < -0.39 is 4.11 Å². The minimum atomic E-state index is -0.460. The van der Waals surface area contributed by atoms with Crippen LogP contribution in [-0.4, -0.2) is 14.3 Å². The fourth-order valence-corrected chi connectivity index (χ4v) is 0.721. The minimum absolute atomic E-state index is 0.460. The number of H-pyrrole nitrogens is 1. The van der Waals surface area contributed by atoms with E-state index in [-0.39, 0.29) is 0 Å². The van der Waals surface area contributed by atoms with E-state index in [0.717, 1.165) is 0 Å². The molecule has 1 rings (SSSR count). The molecule has 0 aliphatic carbocycles. The van der Waals surface area contributed by atoms with E-state index >= 15 is 0 Å². The highest BCUT2D eigenvalue weighted by molar-refractivity contribution is 14.1. The first-order valence-electron chi connectivity index (χ1n) is 2.52. The van der Waals surface area contributed by atoms with Gasteiger partial charge in [0.05, 0.1) is 6.20 Å². The van der Waals surface area contributed by atoms with Crippen molar-refractivity contribution in [3.63, 3.8) is 0 Å². The van der Waals surface area contributed by atoms with Gasteiger partial charge in [0.15, 0.2) is 0 Å². The Morgan fingerprint density at radius 1 is 1.90 bits per heavy atom. The third kappa shape index (κ3) is 1.88. The average Bonchev–Trinajstić information content (AvgIpc) is 2.40. The molecule has 0 bridgehead atoms. The molecule has 0 fully saturated rings. The lowest BCUT2D eigenvalue weighted by molar-refractivity contribution is 0.337. The molecular formula is C5H4IN3O. The molecule has 0 aliphatic heterocycles. The van der Waals surface area contributed by atoms with Crippen LogP contribution in [0.4, 0.5) is 0 Å². The molecule has 1 aromatic heterocycles. The molecule has 0 aliphatic rings. The highest BCUT2D eigenvalue weighted by Gasteiger charge is 2.02. The van der Waals surface area contributed by atoms with Crippen molar-refractivity contribution >= 4 is 22.6 Å². The van der Waals surface area contributed by atoms with Gasteiger partial charge in [-0.2, -0.15) is 10.4 Å². The number of halogens is 1. The lowest BCUT2D eigenvalue weighted by Crippen LogP contribution is -2.03. The van der Waals surface area contributed by atoms with Gasteiger partial charge in [0.1, 0.15) is 6.07 Å². The van der Waals surface area contributed by atoms with Crippen LogP contribution in [-0.2, 0) is 0 Å². The van der Waals surface area contributed by atoms with Gasteiger partial charge in [0.2, 0.25) is 9.99 Å². The summed E-state index contributed by atoms with van der Waals surface area (Å²) >= 11 is 1.88. The zero-order valence-corrected chi connectivity index (χ0v) is 7.07. The highest BCUT2D eigenvalue weighted by Crippen LogP contribution is 2.08. The normalized spacial score (nSPS) is 12.0. The molecule has 1 aromatic rings. The van der Waals surface area contributed by atoms with Gasteiger partial charge >= 0.3 is 0 Å². The summed E-state index contributed by atoms with van der Waals surface area (Å²) < 4.78 is 4.55. The Bertz CT molecular complexity index is 228. The molecule has 0 saturated carbocycles. The molecule has 0 amide bonds. The van der Waals surface area contributed by atoms with Crippen molar-refractivity contribution in [2.45, 2.75) is 4.11 Å². The molecule has 1 atom stereocenters. The van der Waals surface area contributed by atoms with Crippen molar-refractivity contribution in [1.29, 1.82) is 5.26 Å². The number of rotatable bonds is 2. The average molecular weight is 249 g/mol. The fourth-order valence-electron chi connectivity index (χ4n) is 0.447. The third-order valence-electron chi connectivity index (χ3n) is 0.807. The Balaban J connectivity index is 2.50. The van der Waals surface area contributed by atoms with E-state index in [4.69, 9.17) is 10.00 Å². The second-order valence-corrected chi connectivity index (χ2v) is 2.62. The minimum Gasteiger partial charge on any atom is -0.449 e. The molecule has 0 aromatic carbocycles. The molecule has 0 spiro atoms. The number of nitrogens with zero attached hydrogens (tertiary/aromatic N) is 2. The number of nitrogens with one attached hydrogen (secondary N) is 1. The Morgan fingerprint density at radius 3 is 3.20 bits per heavy atom. The van der Waals surface area contributed by atoms with Crippen LogP contribution in [0.25, 0.3) is 0 Å². The zero-order chi connectivity index (χ0) is 7.40. The maximum atomic E-state index is 8.32. The van der Waals surface area contributed by atoms with Crippen LogP contribution < -0.4 is 4.74 Å². The number of aromatic nitrogens is 2. The summed E-state index contributed by atoms with van der Waals surface area (Å²) in [5.41, 5.74) is 0. The highest BCUT2D eigenvalue weighted by atomic mass is 127. The Morgan fingerprint density at radius 2 is 2.70 bits per heavy atom. The van der Waals surface area contributed by atoms with Gasteiger partial charge in [-0.3, -0.25) is 0 Å². The molecule has 0 saturated heterocycles. The fraction of sp³-hybridized carbons (Fsp3) is 0.200. The van der Waals surface area contributed by atoms with Crippen molar-refractivity contribution in [3.05, 3.63) is 12.3 Å². The van der Waals surface area contributed by atoms with E-state index in [1.54, 1.807) is 12.3 Å². The van der Waals surface area contributed by atoms with E-state index in [2.05, 4.69) is 10.2 Å². The number of hydrogen-bond acceptors (Lipinski definition) is 3. The van der Waals surface area contributed by atoms with Crippen molar-refractivity contribution in [2.24, 2.45) is 0 Å². The molecule has 52 valence electrons. The third-order valence-corrected chi connectivity index (χ3v) is 1.34. The van der Waals surface area contributed by atoms with Gasteiger partial charge in [-0.05, 0) is 22.6 Å². The second kappa shape index (κ2) is 3.41. The number of nitriles is 1. The van der Waals surface area contributed by atoms with Crippen LogP contribution >= 0.6 is 22.6 Å². The van der Waals surface area contributed by atoms with E-state index in [0.29, 0.717) is 5.88 Å². The van der Waals surface area contributed by atoms with Gasteiger partial charge in [0, 0.05) is 6.07 Å². The molecule has 0 radical (unpaired) electrons. The lowest BCUT2D eigenvalue weighted by Gasteiger charge is -2.00. The summed E-state index contributed by atoms with van der Waals surface area (Å²) in [6.45, 7) is 0. The first-order valence-corrected chi connectivity index (χ1v) is 3.77. The van der Waals surface area contributed by atoms with Crippen LogP contribution in [0.2, 0.25) is 0 Å². The molecule has 1 N–H and O–H groups in total. The number of alkyl halides is 1. The van der Waals surface area contributed by atoms with E-state index in [9.17, 15) is 0 Å². The molecule has 5 heteroatoms. The summed E-state index contributed by atoms with van der Waals surface area (Å²) in [6.07, 6.45) is 1.57. The van der Waals surface area contributed by atoms with Gasteiger partial charge in [0.25, 0.3) is 0 Å². The predicted octanol–water partition coefficient (Wildman–Crippen LogP) is 1.07. The Hall–Kier alpha value is -0.770. The number of hydrogen-bond donors (Lipinski definition) is 1. The van der Waals surface area contributed by atoms with Crippen molar-refractivity contribution in [3.8, 4) is 11.9 Å². The number of ether oxygens (including phenoxy) is 1. The molecular weight excluding hydrogens is 245 g/mol. The quantitative estimate of drug-likeness (QED) is 0.630. The molecule has 1 unspecified atom stereocenters. The maximum Gasteiger partial charge on any atom is 0.236 e. The first-order chi connectivity index (χ1) is 4.83. The monoisotopic (exact) mass is 249 g/mol. The van der Waals surface area contributed by atoms with Crippen LogP contribution in [0.5, 0.6) is 5.88 Å². The smallest absolute Gasteiger partial charge is 0.236 e. The van der Waals surface area contributed by atoms with Crippen LogP contribution in [0, 0.1) is 11.3 Å². The molecule has 10 heavy (non-hydrogen) atoms. The zero-order valence-electron chi connectivity index (χ0n) is 4.91. The van der Waals surface area contributed by atoms with E-state index in [1.807, 2.05) is 28.7 Å². The predicted molar refractivity (Wildman–Crippen MR) is 42.6 cm³/mol. The van der Waals surface area contributed by atoms with Gasteiger partial charge in [-0.25, -0.2) is 5.10 Å². The van der Waals surface area contributed by atoms with E-state index in [1.165, 1.54) is 0 Å². The lowest BCUT2D eigenvalue weighted by atomic mass is 10.7. The van der Waals surface area contributed by atoms with Crippen molar-refractivity contribution < 1.29 is 4.74 Å². The van der Waals surface area contributed by atoms with Crippen molar-refractivity contribution in [2.75, 3.05) is 0 Å². The standard InChI is InChI=1S/C5H4IN3O/c6-4(3-7)10-5-1-2-8-9-5/h1-2,4H,(H,8,9). The second-order valence-electron chi connectivity index (χ2n) is 1.48. The first kappa shape index (κ1) is 7.34. The molecule has 1 heterocycles. The molecule has 4 nitrogen and oxygen atoms in total. The Kier molecular flexibility index (Phi) is 2.50. The number of aromatic amines is 1.